The summed E-state index contributed by atoms with van der Waals surface area (Å²) in [5, 5.41) is 0. The number of likely N-dealkylation sites (tertiary alicyclic amines) is 1. The van der Waals surface area contributed by atoms with E-state index in [4.69, 9.17) is 9.15 Å². The third-order valence-corrected chi connectivity index (χ3v) is 3.19. The summed E-state index contributed by atoms with van der Waals surface area (Å²) in [6.45, 7) is 2.25. The zero-order valence-corrected chi connectivity index (χ0v) is 10.7. The SMILES string of the molecule is COCC1CCN(C(=O)c2ccc(Br)o2)C1. The first-order valence-corrected chi connectivity index (χ1v) is 6.03. The number of halogens is 1. The Balaban J connectivity index is 1.97. The third-order valence-electron chi connectivity index (χ3n) is 2.76. The number of ether oxygens (including phenoxy) is 1. The summed E-state index contributed by atoms with van der Waals surface area (Å²) < 4.78 is 10.9. The van der Waals surface area contributed by atoms with Crippen LogP contribution in [-0.4, -0.2) is 37.6 Å². The molecule has 1 amide bonds. The average Bonchev–Trinajstić information content (AvgIpc) is 2.87. The summed E-state index contributed by atoms with van der Waals surface area (Å²) in [5.74, 6) is 0.807. The highest BCUT2D eigenvalue weighted by atomic mass is 79.9. The smallest absolute Gasteiger partial charge is 0.289 e. The quantitative estimate of drug-likeness (QED) is 0.856. The van der Waals surface area contributed by atoms with E-state index in [0.29, 0.717) is 23.0 Å². The van der Waals surface area contributed by atoms with Gasteiger partial charge in [0.25, 0.3) is 5.91 Å². The predicted molar refractivity (Wildman–Crippen MR) is 62.3 cm³/mol. The predicted octanol–water partition coefficient (Wildman–Crippen LogP) is 2.15. The van der Waals surface area contributed by atoms with Gasteiger partial charge < -0.3 is 14.1 Å². The summed E-state index contributed by atoms with van der Waals surface area (Å²) >= 11 is 3.19. The lowest BCUT2D eigenvalue weighted by Gasteiger charge is -2.14. The zero-order valence-electron chi connectivity index (χ0n) is 9.11. The molecule has 2 heterocycles. The van der Waals surface area contributed by atoms with Crippen LogP contribution in [0.5, 0.6) is 0 Å². The molecule has 0 N–H and O–H groups in total. The number of nitrogens with zero attached hydrogens (tertiary/aromatic N) is 1. The molecule has 1 aromatic heterocycles. The van der Waals surface area contributed by atoms with Crippen LogP contribution in [-0.2, 0) is 4.74 Å². The van der Waals surface area contributed by atoms with E-state index in [0.717, 1.165) is 19.5 Å². The van der Waals surface area contributed by atoms with Crippen LogP contribution in [0.15, 0.2) is 21.2 Å². The van der Waals surface area contributed by atoms with Gasteiger partial charge in [-0.2, -0.15) is 0 Å². The molecular formula is C11H14BrNO3. The first-order valence-electron chi connectivity index (χ1n) is 5.24. The minimum atomic E-state index is -0.0377. The molecule has 16 heavy (non-hydrogen) atoms. The third kappa shape index (κ3) is 2.47. The minimum absolute atomic E-state index is 0.0377. The van der Waals surface area contributed by atoms with Crippen molar-refractivity contribution in [2.45, 2.75) is 6.42 Å². The molecule has 0 saturated carbocycles. The standard InChI is InChI=1S/C11H14BrNO3/c1-15-7-8-4-5-13(6-8)11(14)9-2-3-10(12)16-9/h2-3,8H,4-7H2,1H3. The van der Waals surface area contributed by atoms with Gasteiger partial charge in [0.05, 0.1) is 6.61 Å². The highest BCUT2D eigenvalue weighted by Gasteiger charge is 2.28. The number of carbonyl (C=O) groups excluding carboxylic acids is 1. The number of furan rings is 1. The van der Waals surface area contributed by atoms with Crippen molar-refractivity contribution >= 4 is 21.8 Å². The van der Waals surface area contributed by atoms with E-state index in [-0.39, 0.29) is 5.91 Å². The number of rotatable bonds is 3. The van der Waals surface area contributed by atoms with E-state index < -0.39 is 0 Å². The van der Waals surface area contributed by atoms with E-state index in [1.165, 1.54) is 0 Å². The van der Waals surface area contributed by atoms with Gasteiger partial charge >= 0.3 is 0 Å². The van der Waals surface area contributed by atoms with Crippen molar-refractivity contribution in [3.63, 3.8) is 0 Å². The van der Waals surface area contributed by atoms with Crippen molar-refractivity contribution in [1.29, 1.82) is 0 Å². The van der Waals surface area contributed by atoms with Crippen LogP contribution in [0.1, 0.15) is 17.0 Å². The summed E-state index contributed by atoms with van der Waals surface area (Å²) in [6, 6.07) is 3.42. The van der Waals surface area contributed by atoms with Crippen LogP contribution in [0.2, 0.25) is 0 Å². The number of methoxy groups -OCH3 is 1. The molecule has 4 nitrogen and oxygen atoms in total. The monoisotopic (exact) mass is 287 g/mol. The molecule has 1 fully saturated rings. The fraction of sp³-hybridized carbons (Fsp3) is 0.545. The highest BCUT2D eigenvalue weighted by Crippen LogP contribution is 2.21. The molecule has 1 atom stereocenters. The largest absolute Gasteiger partial charge is 0.444 e. The van der Waals surface area contributed by atoms with Gasteiger partial charge in [-0.3, -0.25) is 4.79 Å². The Morgan fingerprint density at radius 3 is 3.12 bits per heavy atom. The van der Waals surface area contributed by atoms with Crippen LogP contribution in [0.4, 0.5) is 0 Å². The second kappa shape index (κ2) is 5.01. The first-order chi connectivity index (χ1) is 7.70. The molecule has 0 radical (unpaired) electrons. The molecule has 1 unspecified atom stereocenters. The maximum Gasteiger partial charge on any atom is 0.289 e. The molecule has 1 aromatic rings. The molecule has 1 aliphatic heterocycles. The lowest BCUT2D eigenvalue weighted by atomic mass is 10.1. The van der Waals surface area contributed by atoms with Gasteiger partial charge in [0.2, 0.25) is 0 Å². The average molecular weight is 288 g/mol. The van der Waals surface area contributed by atoms with E-state index in [1.54, 1.807) is 19.2 Å². The Morgan fingerprint density at radius 1 is 1.69 bits per heavy atom. The molecule has 0 aromatic carbocycles. The van der Waals surface area contributed by atoms with Crippen molar-refractivity contribution in [1.82, 2.24) is 4.90 Å². The van der Waals surface area contributed by atoms with Crippen LogP contribution in [0, 0.1) is 5.92 Å². The molecule has 0 bridgehead atoms. The number of carbonyl (C=O) groups is 1. The normalized spacial score (nSPS) is 20.4. The molecule has 5 heteroatoms. The van der Waals surface area contributed by atoms with Gasteiger partial charge in [0.15, 0.2) is 10.4 Å². The Morgan fingerprint density at radius 2 is 2.50 bits per heavy atom. The topological polar surface area (TPSA) is 42.7 Å². The van der Waals surface area contributed by atoms with E-state index >= 15 is 0 Å². The van der Waals surface area contributed by atoms with E-state index in [2.05, 4.69) is 15.9 Å². The minimum Gasteiger partial charge on any atom is -0.444 e. The van der Waals surface area contributed by atoms with Gasteiger partial charge in [-0.15, -0.1) is 0 Å². The lowest BCUT2D eigenvalue weighted by Crippen LogP contribution is -2.28. The second-order valence-electron chi connectivity index (χ2n) is 3.96. The molecule has 0 aliphatic carbocycles. The van der Waals surface area contributed by atoms with Crippen LogP contribution in [0.25, 0.3) is 0 Å². The van der Waals surface area contributed by atoms with Gasteiger partial charge in [-0.25, -0.2) is 0 Å². The van der Waals surface area contributed by atoms with E-state index in [9.17, 15) is 4.79 Å². The van der Waals surface area contributed by atoms with Crippen LogP contribution >= 0.6 is 15.9 Å². The van der Waals surface area contributed by atoms with Gasteiger partial charge in [0.1, 0.15) is 0 Å². The first kappa shape index (κ1) is 11.7. The van der Waals surface area contributed by atoms with Gasteiger partial charge in [-0.1, -0.05) is 0 Å². The van der Waals surface area contributed by atoms with Crippen LogP contribution < -0.4 is 0 Å². The molecular weight excluding hydrogens is 274 g/mol. The Hall–Kier alpha value is -0.810. The number of hydrogen-bond donors (Lipinski definition) is 0. The van der Waals surface area contributed by atoms with E-state index in [1.807, 2.05) is 4.90 Å². The summed E-state index contributed by atoms with van der Waals surface area (Å²) in [4.78, 5) is 13.8. The summed E-state index contributed by atoms with van der Waals surface area (Å²) in [5.41, 5.74) is 0. The Kier molecular flexibility index (Phi) is 3.66. The van der Waals surface area contributed by atoms with Gasteiger partial charge in [-0.05, 0) is 34.5 Å². The van der Waals surface area contributed by atoms with Crippen molar-refractivity contribution < 1.29 is 13.9 Å². The van der Waals surface area contributed by atoms with Crippen molar-refractivity contribution in [2.75, 3.05) is 26.8 Å². The van der Waals surface area contributed by atoms with Crippen molar-refractivity contribution in [3.8, 4) is 0 Å². The van der Waals surface area contributed by atoms with Gasteiger partial charge in [0, 0.05) is 26.1 Å². The second-order valence-corrected chi connectivity index (χ2v) is 4.75. The number of hydrogen-bond acceptors (Lipinski definition) is 3. The fourth-order valence-electron chi connectivity index (χ4n) is 1.97. The Bertz CT molecular complexity index is 377. The molecule has 88 valence electrons. The zero-order chi connectivity index (χ0) is 11.5. The molecule has 2 rings (SSSR count). The van der Waals surface area contributed by atoms with Crippen molar-refractivity contribution in [2.24, 2.45) is 5.92 Å². The molecule has 1 saturated heterocycles. The Labute approximate surface area is 103 Å². The molecule has 0 spiro atoms. The highest BCUT2D eigenvalue weighted by molar-refractivity contribution is 9.10. The fourth-order valence-corrected chi connectivity index (χ4v) is 2.28. The van der Waals surface area contributed by atoms with Crippen molar-refractivity contribution in [3.05, 3.63) is 22.6 Å². The maximum atomic E-state index is 12.0. The summed E-state index contributed by atoms with van der Waals surface area (Å²) in [6.07, 6.45) is 1.00. The maximum absolute atomic E-state index is 12.0. The van der Waals surface area contributed by atoms with Crippen LogP contribution in [0.3, 0.4) is 0 Å². The summed E-state index contributed by atoms with van der Waals surface area (Å²) in [7, 11) is 1.69. The lowest BCUT2D eigenvalue weighted by molar-refractivity contribution is 0.0743. The number of amides is 1. The molecule has 1 aliphatic rings.